The van der Waals surface area contributed by atoms with Crippen molar-refractivity contribution in [2.45, 2.75) is 32.7 Å². The van der Waals surface area contributed by atoms with Crippen LogP contribution in [0.4, 0.5) is 0 Å². The van der Waals surface area contributed by atoms with Gasteiger partial charge < -0.3 is 14.4 Å². The highest BCUT2D eigenvalue weighted by molar-refractivity contribution is 5.88. The maximum absolute atomic E-state index is 11.0. The van der Waals surface area contributed by atoms with Crippen LogP contribution in [-0.4, -0.2) is 44.5 Å². The van der Waals surface area contributed by atoms with Gasteiger partial charge in [0.1, 0.15) is 5.82 Å². The second-order valence-electron chi connectivity index (χ2n) is 6.14. The van der Waals surface area contributed by atoms with E-state index in [1.807, 2.05) is 10.6 Å². The molecule has 1 fully saturated rings. The molecule has 0 bridgehead atoms. The molecular weight excluding hydrogens is 266 g/mol. The molecule has 1 aliphatic heterocycles. The topological polar surface area (TPSA) is 57.8 Å². The maximum Gasteiger partial charge on any atom is 0.335 e. The van der Waals surface area contributed by atoms with Crippen molar-refractivity contribution in [2.24, 2.45) is 5.92 Å². The fourth-order valence-corrected chi connectivity index (χ4v) is 3.10. The molecule has 0 spiro atoms. The summed E-state index contributed by atoms with van der Waals surface area (Å²) in [6, 6.07) is 3.91. The number of imidazole rings is 1. The number of carboxylic acids is 1. The molecule has 3 rings (SSSR count). The number of aromatic carboxylic acids is 1. The Kier molecular flexibility index (Phi) is 3.68. The number of pyridine rings is 1. The first kappa shape index (κ1) is 14.1. The van der Waals surface area contributed by atoms with E-state index in [0.29, 0.717) is 17.5 Å². The molecule has 0 amide bonds. The third-order valence-electron chi connectivity index (χ3n) is 4.37. The average Bonchev–Trinajstić information content (AvgIpc) is 3.06. The molecule has 0 aliphatic carbocycles. The molecule has 5 heteroatoms. The van der Waals surface area contributed by atoms with Gasteiger partial charge in [-0.3, -0.25) is 0 Å². The van der Waals surface area contributed by atoms with E-state index in [1.165, 1.54) is 6.42 Å². The van der Waals surface area contributed by atoms with Crippen molar-refractivity contribution in [3.63, 3.8) is 0 Å². The standard InChI is InChI=1S/C16H21N3O2/c1-11(2)18-5-3-12(10-18)7-15-17-9-14-8-13(16(20)21)4-6-19(14)15/h4,6,8-9,11-12H,3,5,7,10H2,1-2H3,(H,20,21). The Balaban J connectivity index is 1.78. The zero-order chi connectivity index (χ0) is 15.0. The van der Waals surface area contributed by atoms with Gasteiger partial charge in [-0.2, -0.15) is 0 Å². The van der Waals surface area contributed by atoms with Crippen LogP contribution in [0.25, 0.3) is 5.52 Å². The molecule has 1 aliphatic rings. The molecule has 1 N–H and O–H groups in total. The predicted octanol–water partition coefficient (Wildman–Crippen LogP) is 2.31. The molecule has 112 valence electrons. The Morgan fingerprint density at radius 3 is 3.00 bits per heavy atom. The average molecular weight is 287 g/mol. The third kappa shape index (κ3) is 2.78. The second kappa shape index (κ2) is 5.48. The van der Waals surface area contributed by atoms with E-state index in [4.69, 9.17) is 5.11 Å². The van der Waals surface area contributed by atoms with Gasteiger partial charge in [0.15, 0.2) is 0 Å². The Morgan fingerprint density at radius 1 is 1.52 bits per heavy atom. The molecule has 2 aromatic rings. The minimum Gasteiger partial charge on any atom is -0.478 e. The van der Waals surface area contributed by atoms with E-state index in [0.717, 1.165) is 30.9 Å². The molecule has 0 radical (unpaired) electrons. The Hall–Kier alpha value is -1.88. The number of nitrogens with zero attached hydrogens (tertiary/aromatic N) is 3. The highest BCUT2D eigenvalue weighted by Crippen LogP contribution is 2.22. The molecule has 0 aromatic carbocycles. The Morgan fingerprint density at radius 2 is 2.33 bits per heavy atom. The predicted molar refractivity (Wildman–Crippen MR) is 80.7 cm³/mol. The largest absolute Gasteiger partial charge is 0.478 e. The maximum atomic E-state index is 11.0. The van der Waals surface area contributed by atoms with Crippen molar-refractivity contribution < 1.29 is 9.90 Å². The smallest absolute Gasteiger partial charge is 0.335 e. The van der Waals surface area contributed by atoms with Crippen molar-refractivity contribution in [2.75, 3.05) is 13.1 Å². The van der Waals surface area contributed by atoms with E-state index >= 15 is 0 Å². The number of hydrogen-bond acceptors (Lipinski definition) is 3. The van der Waals surface area contributed by atoms with Crippen LogP contribution in [0, 0.1) is 5.92 Å². The summed E-state index contributed by atoms with van der Waals surface area (Å²) in [6.45, 7) is 6.76. The van der Waals surface area contributed by atoms with Gasteiger partial charge in [-0.25, -0.2) is 9.78 Å². The molecule has 21 heavy (non-hydrogen) atoms. The van der Waals surface area contributed by atoms with Gasteiger partial charge in [-0.05, 0) is 44.9 Å². The quantitative estimate of drug-likeness (QED) is 0.937. The van der Waals surface area contributed by atoms with E-state index in [2.05, 4.69) is 23.7 Å². The molecule has 1 saturated heterocycles. The van der Waals surface area contributed by atoms with Crippen molar-refractivity contribution in [1.29, 1.82) is 0 Å². The lowest BCUT2D eigenvalue weighted by Gasteiger charge is -2.20. The normalized spacial score (nSPS) is 19.7. The molecular formula is C16H21N3O2. The van der Waals surface area contributed by atoms with Crippen LogP contribution in [0.3, 0.4) is 0 Å². The van der Waals surface area contributed by atoms with Crippen LogP contribution in [0.1, 0.15) is 36.5 Å². The van der Waals surface area contributed by atoms with Gasteiger partial charge in [0.25, 0.3) is 0 Å². The van der Waals surface area contributed by atoms with E-state index in [9.17, 15) is 4.79 Å². The summed E-state index contributed by atoms with van der Waals surface area (Å²) in [6.07, 6.45) is 5.73. The SMILES string of the molecule is CC(C)N1CCC(Cc2ncc3cc(C(=O)O)ccn23)C1. The van der Waals surface area contributed by atoms with Crippen LogP contribution in [-0.2, 0) is 6.42 Å². The molecule has 0 saturated carbocycles. The van der Waals surface area contributed by atoms with Crippen LogP contribution in [0.2, 0.25) is 0 Å². The molecule has 3 heterocycles. The monoisotopic (exact) mass is 287 g/mol. The van der Waals surface area contributed by atoms with Crippen LogP contribution < -0.4 is 0 Å². The molecule has 2 aromatic heterocycles. The fourth-order valence-electron chi connectivity index (χ4n) is 3.10. The molecule has 1 atom stereocenters. The summed E-state index contributed by atoms with van der Waals surface area (Å²) < 4.78 is 2.00. The highest BCUT2D eigenvalue weighted by atomic mass is 16.4. The third-order valence-corrected chi connectivity index (χ3v) is 4.37. The molecule has 1 unspecified atom stereocenters. The highest BCUT2D eigenvalue weighted by Gasteiger charge is 2.25. The minimum absolute atomic E-state index is 0.306. The van der Waals surface area contributed by atoms with Gasteiger partial charge in [0.2, 0.25) is 0 Å². The van der Waals surface area contributed by atoms with E-state index in [1.54, 1.807) is 18.3 Å². The Bertz CT molecular complexity index is 663. The first-order chi connectivity index (χ1) is 10.0. The van der Waals surface area contributed by atoms with Crippen molar-refractivity contribution in [1.82, 2.24) is 14.3 Å². The number of hydrogen-bond donors (Lipinski definition) is 1. The van der Waals surface area contributed by atoms with Crippen LogP contribution in [0.5, 0.6) is 0 Å². The van der Waals surface area contributed by atoms with E-state index in [-0.39, 0.29) is 0 Å². The lowest BCUT2D eigenvalue weighted by molar-refractivity contribution is 0.0697. The van der Waals surface area contributed by atoms with Crippen LogP contribution in [0.15, 0.2) is 24.5 Å². The number of likely N-dealkylation sites (tertiary alicyclic amines) is 1. The summed E-state index contributed by atoms with van der Waals surface area (Å²) in [5.41, 5.74) is 1.16. The van der Waals surface area contributed by atoms with Gasteiger partial charge in [-0.1, -0.05) is 0 Å². The van der Waals surface area contributed by atoms with Gasteiger partial charge in [0.05, 0.1) is 17.3 Å². The Labute approximate surface area is 124 Å². The first-order valence-corrected chi connectivity index (χ1v) is 7.48. The zero-order valence-corrected chi connectivity index (χ0v) is 12.5. The summed E-state index contributed by atoms with van der Waals surface area (Å²) in [5, 5.41) is 9.03. The number of rotatable bonds is 4. The van der Waals surface area contributed by atoms with Crippen molar-refractivity contribution >= 4 is 11.5 Å². The van der Waals surface area contributed by atoms with Gasteiger partial charge in [0, 0.05) is 25.2 Å². The van der Waals surface area contributed by atoms with Crippen LogP contribution >= 0.6 is 0 Å². The number of carbonyl (C=O) groups is 1. The first-order valence-electron chi connectivity index (χ1n) is 7.48. The summed E-state index contributed by atoms with van der Waals surface area (Å²) in [5.74, 6) is 0.762. The second-order valence-corrected chi connectivity index (χ2v) is 6.14. The number of fused-ring (bicyclic) bond motifs is 1. The van der Waals surface area contributed by atoms with E-state index < -0.39 is 5.97 Å². The number of carboxylic acid groups (broad SMARTS) is 1. The van der Waals surface area contributed by atoms with Crippen molar-refractivity contribution in [3.05, 3.63) is 35.9 Å². The lowest BCUT2D eigenvalue weighted by atomic mass is 10.0. The summed E-state index contributed by atoms with van der Waals surface area (Å²) in [4.78, 5) is 18.0. The molecule has 5 nitrogen and oxygen atoms in total. The lowest BCUT2D eigenvalue weighted by Crippen LogP contribution is -2.28. The fraction of sp³-hybridized carbons (Fsp3) is 0.500. The number of aromatic nitrogens is 2. The van der Waals surface area contributed by atoms with Crippen molar-refractivity contribution in [3.8, 4) is 0 Å². The van der Waals surface area contributed by atoms with Gasteiger partial charge >= 0.3 is 5.97 Å². The summed E-state index contributed by atoms with van der Waals surface area (Å²) in [7, 11) is 0. The minimum atomic E-state index is -0.899. The summed E-state index contributed by atoms with van der Waals surface area (Å²) >= 11 is 0. The zero-order valence-electron chi connectivity index (χ0n) is 12.5. The van der Waals surface area contributed by atoms with Gasteiger partial charge in [-0.15, -0.1) is 0 Å².